The molecule has 0 saturated heterocycles. The Kier molecular flexibility index (Phi) is 31.5. The second kappa shape index (κ2) is 32.5. The number of allylic oxidation sites excluding steroid dienone is 2. The first-order valence-corrected chi connectivity index (χ1v) is 22.7. The molecule has 0 bridgehead atoms. The van der Waals surface area contributed by atoms with Gasteiger partial charge in [0.2, 0.25) is 0 Å². The summed E-state index contributed by atoms with van der Waals surface area (Å²) in [5, 5.41) is 10.7. The standard InChI is InChI=1S/C48H95N5/c1-11-12-13-14-15-16-17-18-19-20-21-22-23-24-25-26-27-31-41(2)33-34-43(4)52-44(5)40-47(7,8)36-30-37-48(9,10)53-45(6)46(50)32-28-29-39-51-42(3)35-38-49/h43,46,51-53H,2-3,5-6,11-40,49-50H2,1,4,7-10H3. The molecule has 2 atom stereocenters. The zero-order valence-electron chi connectivity index (χ0n) is 36.9. The van der Waals surface area contributed by atoms with Gasteiger partial charge in [0.1, 0.15) is 0 Å². The topological polar surface area (TPSA) is 88.1 Å². The third-order valence-corrected chi connectivity index (χ3v) is 11.1. The molecule has 5 nitrogen and oxygen atoms in total. The molecule has 53 heavy (non-hydrogen) atoms. The maximum atomic E-state index is 6.48. The maximum absolute atomic E-state index is 6.48. The van der Waals surface area contributed by atoms with Crippen LogP contribution in [-0.4, -0.2) is 30.7 Å². The Bertz CT molecular complexity index is 934. The van der Waals surface area contributed by atoms with Crippen LogP contribution in [0.1, 0.15) is 221 Å². The van der Waals surface area contributed by atoms with Crippen LogP contribution in [0.15, 0.2) is 49.0 Å². The SMILES string of the molecule is C=C(CCCCCCCCCCCCCCCCCCC)CCC(C)NC(=C)CC(C)(C)CCCC(C)(C)NC(=C)C(N)CCCCNC(=C)CCN. The Labute approximate surface area is 332 Å². The van der Waals surface area contributed by atoms with Gasteiger partial charge in [0, 0.05) is 41.3 Å². The van der Waals surface area contributed by atoms with Crippen molar-refractivity contribution in [1.82, 2.24) is 16.0 Å². The molecule has 0 fully saturated rings. The van der Waals surface area contributed by atoms with Crippen molar-refractivity contribution < 1.29 is 0 Å². The van der Waals surface area contributed by atoms with E-state index >= 15 is 0 Å². The molecule has 0 saturated carbocycles. The van der Waals surface area contributed by atoms with Crippen molar-refractivity contribution in [1.29, 1.82) is 0 Å². The zero-order chi connectivity index (χ0) is 39.8. The number of nitrogens with two attached hydrogens (primary N) is 2. The summed E-state index contributed by atoms with van der Waals surface area (Å²) in [6.45, 7) is 32.5. The maximum Gasteiger partial charge on any atom is 0.0438 e. The van der Waals surface area contributed by atoms with Gasteiger partial charge in [-0.3, -0.25) is 0 Å². The van der Waals surface area contributed by atoms with Crippen LogP contribution < -0.4 is 27.4 Å². The van der Waals surface area contributed by atoms with Gasteiger partial charge in [-0.05, 0) is 103 Å². The van der Waals surface area contributed by atoms with E-state index in [0.717, 1.165) is 87.8 Å². The molecule has 2 unspecified atom stereocenters. The molecule has 0 aliphatic heterocycles. The van der Waals surface area contributed by atoms with Crippen LogP contribution in [0.3, 0.4) is 0 Å². The molecular formula is C48H95N5. The lowest BCUT2D eigenvalue weighted by Gasteiger charge is -2.33. The fourth-order valence-electron chi connectivity index (χ4n) is 7.57. The monoisotopic (exact) mass is 742 g/mol. The minimum Gasteiger partial charge on any atom is -0.389 e. The van der Waals surface area contributed by atoms with Crippen LogP contribution in [-0.2, 0) is 0 Å². The molecule has 0 heterocycles. The van der Waals surface area contributed by atoms with Gasteiger partial charge in [0.15, 0.2) is 0 Å². The summed E-state index contributed by atoms with van der Waals surface area (Å²) in [4.78, 5) is 0. The van der Waals surface area contributed by atoms with Crippen LogP contribution in [0, 0.1) is 5.41 Å². The lowest BCUT2D eigenvalue weighted by Crippen LogP contribution is -2.43. The van der Waals surface area contributed by atoms with Crippen molar-refractivity contribution in [2.24, 2.45) is 16.9 Å². The molecular weight excluding hydrogens is 647 g/mol. The largest absolute Gasteiger partial charge is 0.389 e. The van der Waals surface area contributed by atoms with Gasteiger partial charge in [-0.2, -0.15) is 0 Å². The fraction of sp³-hybridized carbons (Fsp3) is 0.833. The Hall–Kier alpha value is -1.72. The number of unbranched alkanes of at least 4 members (excludes halogenated alkanes) is 17. The molecule has 0 aliphatic rings. The first-order valence-electron chi connectivity index (χ1n) is 22.7. The average Bonchev–Trinajstić information content (AvgIpc) is 3.07. The number of hydrogen-bond donors (Lipinski definition) is 5. The van der Waals surface area contributed by atoms with E-state index in [1.807, 2.05) is 0 Å². The molecule has 0 spiro atoms. The number of hydrogen-bond acceptors (Lipinski definition) is 5. The molecule has 0 radical (unpaired) electrons. The van der Waals surface area contributed by atoms with Gasteiger partial charge < -0.3 is 27.4 Å². The third-order valence-electron chi connectivity index (χ3n) is 11.1. The van der Waals surface area contributed by atoms with Gasteiger partial charge in [-0.1, -0.05) is 162 Å². The molecule has 0 rings (SSSR count). The Morgan fingerprint density at radius 2 is 1.13 bits per heavy atom. The van der Waals surface area contributed by atoms with E-state index in [1.54, 1.807) is 0 Å². The highest BCUT2D eigenvalue weighted by molar-refractivity contribution is 5.06. The van der Waals surface area contributed by atoms with E-state index in [1.165, 1.54) is 121 Å². The molecule has 0 aliphatic carbocycles. The number of rotatable bonds is 40. The van der Waals surface area contributed by atoms with E-state index in [9.17, 15) is 0 Å². The van der Waals surface area contributed by atoms with E-state index in [2.05, 4.69) is 83.8 Å². The van der Waals surface area contributed by atoms with Crippen LogP contribution >= 0.6 is 0 Å². The van der Waals surface area contributed by atoms with Crippen LogP contribution in [0.4, 0.5) is 0 Å². The summed E-state index contributed by atoms with van der Waals surface area (Å²) in [5.41, 5.74) is 16.8. The van der Waals surface area contributed by atoms with Crippen molar-refractivity contribution in [3.8, 4) is 0 Å². The van der Waals surface area contributed by atoms with E-state index in [0.29, 0.717) is 12.6 Å². The van der Waals surface area contributed by atoms with Crippen LogP contribution in [0.2, 0.25) is 0 Å². The molecule has 7 N–H and O–H groups in total. The van der Waals surface area contributed by atoms with E-state index in [4.69, 9.17) is 11.5 Å². The lowest BCUT2D eigenvalue weighted by atomic mass is 9.81. The molecule has 312 valence electrons. The highest BCUT2D eigenvalue weighted by Crippen LogP contribution is 2.32. The second-order valence-electron chi connectivity index (χ2n) is 18.2. The second-order valence-corrected chi connectivity index (χ2v) is 18.2. The molecule has 0 aromatic heterocycles. The summed E-state index contributed by atoms with van der Waals surface area (Å²) in [6.07, 6.45) is 35.9. The predicted octanol–water partition coefficient (Wildman–Crippen LogP) is 13.3. The predicted molar refractivity (Wildman–Crippen MR) is 240 cm³/mol. The van der Waals surface area contributed by atoms with Crippen LogP contribution in [0.25, 0.3) is 0 Å². The van der Waals surface area contributed by atoms with Crippen molar-refractivity contribution in [2.75, 3.05) is 13.1 Å². The Morgan fingerprint density at radius 3 is 1.66 bits per heavy atom. The van der Waals surface area contributed by atoms with Gasteiger partial charge in [0.05, 0.1) is 0 Å². The van der Waals surface area contributed by atoms with E-state index in [-0.39, 0.29) is 17.0 Å². The molecule has 0 amide bonds. The zero-order valence-corrected chi connectivity index (χ0v) is 36.9. The van der Waals surface area contributed by atoms with Gasteiger partial charge in [-0.15, -0.1) is 0 Å². The lowest BCUT2D eigenvalue weighted by molar-refractivity contribution is 0.281. The quantitative estimate of drug-likeness (QED) is 0.0319. The Balaban J connectivity index is 3.95. The number of nitrogens with one attached hydrogen (secondary N) is 3. The van der Waals surface area contributed by atoms with Gasteiger partial charge in [0.25, 0.3) is 0 Å². The minimum atomic E-state index is -0.0373. The fourth-order valence-corrected chi connectivity index (χ4v) is 7.57. The first-order chi connectivity index (χ1) is 25.2. The highest BCUT2D eigenvalue weighted by atomic mass is 15.0. The van der Waals surface area contributed by atoms with Crippen molar-refractivity contribution in [2.45, 2.75) is 239 Å². The van der Waals surface area contributed by atoms with Crippen molar-refractivity contribution in [3.05, 3.63) is 49.0 Å². The summed E-state index contributed by atoms with van der Waals surface area (Å²) < 4.78 is 0. The third kappa shape index (κ3) is 33.4. The van der Waals surface area contributed by atoms with E-state index < -0.39 is 0 Å². The molecule has 0 aromatic rings. The molecule has 0 aromatic carbocycles. The summed E-state index contributed by atoms with van der Waals surface area (Å²) in [6, 6.07) is 0.394. The Morgan fingerprint density at radius 1 is 0.604 bits per heavy atom. The summed E-state index contributed by atoms with van der Waals surface area (Å²) >= 11 is 0. The van der Waals surface area contributed by atoms with Crippen molar-refractivity contribution >= 4 is 0 Å². The first kappa shape index (κ1) is 51.3. The molecule has 5 heteroatoms. The normalized spacial score (nSPS) is 13.1. The minimum absolute atomic E-state index is 0.0322. The summed E-state index contributed by atoms with van der Waals surface area (Å²) in [7, 11) is 0. The van der Waals surface area contributed by atoms with Crippen molar-refractivity contribution in [3.63, 3.8) is 0 Å². The average molecular weight is 742 g/mol. The summed E-state index contributed by atoms with van der Waals surface area (Å²) in [5.74, 6) is 0. The smallest absolute Gasteiger partial charge is 0.0438 e. The highest BCUT2D eigenvalue weighted by Gasteiger charge is 2.24. The van der Waals surface area contributed by atoms with Gasteiger partial charge in [-0.25, -0.2) is 0 Å². The van der Waals surface area contributed by atoms with Gasteiger partial charge >= 0.3 is 0 Å². The van der Waals surface area contributed by atoms with Crippen LogP contribution in [0.5, 0.6) is 0 Å².